The van der Waals surface area contributed by atoms with Gasteiger partial charge in [-0.15, -0.1) is 5.10 Å². The molecule has 0 fully saturated rings. The lowest BCUT2D eigenvalue weighted by atomic mass is 10.1. The van der Waals surface area contributed by atoms with Gasteiger partial charge in [0.05, 0.1) is 4.92 Å². The summed E-state index contributed by atoms with van der Waals surface area (Å²) >= 11 is 0. The average molecular weight is 319 g/mol. The number of ether oxygens (including phenoxy) is 1. The van der Waals surface area contributed by atoms with Crippen molar-refractivity contribution in [3.05, 3.63) is 45.3 Å². The molecule has 0 spiro atoms. The molecule has 1 aromatic carbocycles. The quantitative estimate of drug-likeness (QED) is 0.436. The number of tetrazole rings is 1. The number of para-hydroxylation sites is 1. The van der Waals surface area contributed by atoms with E-state index >= 15 is 0 Å². The maximum atomic E-state index is 12.1. The number of nitrogens with zero attached hydrogens (tertiary/aromatic N) is 5. The smallest absolute Gasteiger partial charge is 0.345 e. The van der Waals surface area contributed by atoms with Crippen molar-refractivity contribution in [2.75, 3.05) is 0 Å². The second-order valence-corrected chi connectivity index (χ2v) is 4.98. The van der Waals surface area contributed by atoms with Crippen LogP contribution in [0.5, 0.6) is 0 Å². The van der Waals surface area contributed by atoms with E-state index in [0.29, 0.717) is 17.9 Å². The maximum absolute atomic E-state index is 12.1. The summed E-state index contributed by atoms with van der Waals surface area (Å²) in [6.07, 6.45) is 1.88. The van der Waals surface area contributed by atoms with E-state index in [1.54, 1.807) is 23.7 Å². The van der Waals surface area contributed by atoms with Gasteiger partial charge in [-0.1, -0.05) is 25.5 Å². The summed E-state index contributed by atoms with van der Waals surface area (Å²) in [7, 11) is 0. The highest BCUT2D eigenvalue weighted by Crippen LogP contribution is 2.23. The molecule has 122 valence electrons. The zero-order valence-corrected chi connectivity index (χ0v) is 12.9. The second kappa shape index (κ2) is 7.43. The summed E-state index contributed by atoms with van der Waals surface area (Å²) in [6, 6.07) is 4.51. The molecule has 0 bridgehead atoms. The predicted octanol–water partition coefficient (Wildman–Crippen LogP) is 2.05. The minimum absolute atomic E-state index is 0.0809. The Hall–Kier alpha value is -2.84. The molecule has 0 radical (unpaired) electrons. The molecule has 0 saturated heterocycles. The Morgan fingerprint density at radius 2 is 2.22 bits per heavy atom. The molecule has 9 heteroatoms. The summed E-state index contributed by atoms with van der Waals surface area (Å²) in [4.78, 5) is 22.7. The van der Waals surface area contributed by atoms with E-state index in [1.807, 2.05) is 6.92 Å². The van der Waals surface area contributed by atoms with Crippen molar-refractivity contribution in [1.82, 2.24) is 20.2 Å². The van der Waals surface area contributed by atoms with Crippen LogP contribution in [-0.2, 0) is 17.9 Å². The second-order valence-electron chi connectivity index (χ2n) is 4.98. The molecular weight excluding hydrogens is 302 g/mol. The molecule has 2 aromatic rings. The molecule has 0 N–H and O–H groups in total. The Morgan fingerprint density at radius 1 is 1.43 bits per heavy atom. The van der Waals surface area contributed by atoms with E-state index in [0.717, 1.165) is 12.8 Å². The summed E-state index contributed by atoms with van der Waals surface area (Å²) in [5.41, 5.74) is 0.0721. The van der Waals surface area contributed by atoms with Crippen molar-refractivity contribution >= 4 is 11.7 Å². The van der Waals surface area contributed by atoms with Crippen LogP contribution in [-0.4, -0.2) is 31.1 Å². The van der Waals surface area contributed by atoms with E-state index < -0.39 is 10.9 Å². The normalized spacial score (nSPS) is 10.5. The van der Waals surface area contributed by atoms with Crippen molar-refractivity contribution in [3.63, 3.8) is 0 Å². The molecular formula is C14H17N5O4. The molecule has 0 atom stereocenters. The Kier molecular flexibility index (Phi) is 5.34. The first kappa shape index (κ1) is 16.5. The van der Waals surface area contributed by atoms with E-state index in [4.69, 9.17) is 4.74 Å². The van der Waals surface area contributed by atoms with Crippen LogP contribution in [0.2, 0.25) is 0 Å². The molecule has 1 aromatic heterocycles. The zero-order valence-electron chi connectivity index (χ0n) is 12.9. The van der Waals surface area contributed by atoms with Gasteiger partial charge in [-0.25, -0.2) is 9.48 Å². The van der Waals surface area contributed by atoms with Gasteiger partial charge < -0.3 is 4.74 Å². The van der Waals surface area contributed by atoms with Crippen LogP contribution in [0.15, 0.2) is 18.2 Å². The molecule has 1 heterocycles. The predicted molar refractivity (Wildman–Crippen MR) is 79.7 cm³/mol. The van der Waals surface area contributed by atoms with Crippen LogP contribution in [0, 0.1) is 17.0 Å². The molecule has 0 amide bonds. The van der Waals surface area contributed by atoms with E-state index in [2.05, 4.69) is 15.5 Å². The van der Waals surface area contributed by atoms with E-state index in [9.17, 15) is 14.9 Å². The number of nitro benzene ring substituents is 1. The largest absolute Gasteiger partial charge is 0.454 e. The lowest BCUT2D eigenvalue weighted by Gasteiger charge is -2.07. The van der Waals surface area contributed by atoms with Crippen molar-refractivity contribution in [1.29, 1.82) is 0 Å². The summed E-state index contributed by atoms with van der Waals surface area (Å²) < 4.78 is 6.69. The van der Waals surface area contributed by atoms with Crippen molar-refractivity contribution in [3.8, 4) is 0 Å². The van der Waals surface area contributed by atoms with Crippen molar-refractivity contribution in [2.24, 2.45) is 0 Å². The van der Waals surface area contributed by atoms with Crippen LogP contribution >= 0.6 is 0 Å². The minimum atomic E-state index is -0.773. The zero-order chi connectivity index (χ0) is 16.8. The summed E-state index contributed by atoms with van der Waals surface area (Å²) in [6.45, 7) is 4.10. The number of carbonyl (C=O) groups is 1. The highest BCUT2D eigenvalue weighted by atomic mass is 16.6. The highest BCUT2D eigenvalue weighted by molar-refractivity contribution is 5.94. The Balaban J connectivity index is 2.11. The minimum Gasteiger partial charge on any atom is -0.454 e. The third-order valence-electron chi connectivity index (χ3n) is 3.30. The molecule has 2 rings (SSSR count). The number of carbonyl (C=O) groups excluding carboxylic acids is 1. The maximum Gasteiger partial charge on any atom is 0.345 e. The first-order valence-electron chi connectivity index (χ1n) is 7.20. The number of aromatic nitrogens is 4. The fourth-order valence-corrected chi connectivity index (χ4v) is 2.08. The summed E-state index contributed by atoms with van der Waals surface area (Å²) in [5, 5.41) is 22.3. The fourth-order valence-electron chi connectivity index (χ4n) is 2.08. The highest BCUT2D eigenvalue weighted by Gasteiger charge is 2.24. The SMILES string of the molecule is CCCCn1nnnc1COC(=O)c1cccc(C)c1[N+](=O)[O-]. The first-order chi connectivity index (χ1) is 11.0. The third-order valence-corrected chi connectivity index (χ3v) is 3.30. The number of nitro groups is 1. The number of esters is 1. The fraction of sp³-hybridized carbons (Fsp3) is 0.429. The Labute approximate surface area is 132 Å². The van der Waals surface area contributed by atoms with Crippen LogP contribution in [0.4, 0.5) is 5.69 Å². The van der Waals surface area contributed by atoms with E-state index in [-0.39, 0.29) is 17.9 Å². The van der Waals surface area contributed by atoms with Gasteiger partial charge in [0.2, 0.25) is 0 Å². The first-order valence-corrected chi connectivity index (χ1v) is 7.20. The molecule has 0 saturated carbocycles. The third kappa shape index (κ3) is 3.87. The van der Waals surface area contributed by atoms with Crippen LogP contribution in [0.3, 0.4) is 0 Å². The molecule has 0 aliphatic carbocycles. The molecule has 0 aliphatic heterocycles. The number of hydrogen-bond acceptors (Lipinski definition) is 7. The Bertz CT molecular complexity index is 713. The van der Waals surface area contributed by atoms with Gasteiger partial charge in [-0.05, 0) is 29.8 Å². The van der Waals surface area contributed by atoms with Gasteiger partial charge in [0.15, 0.2) is 12.4 Å². The van der Waals surface area contributed by atoms with Crippen molar-refractivity contribution < 1.29 is 14.5 Å². The van der Waals surface area contributed by atoms with E-state index in [1.165, 1.54) is 6.07 Å². The van der Waals surface area contributed by atoms with Gasteiger partial charge in [-0.3, -0.25) is 10.1 Å². The molecule has 9 nitrogen and oxygen atoms in total. The standard InChI is InChI=1S/C14H17N5O4/c1-3-4-8-18-12(15-16-17-18)9-23-14(20)11-7-5-6-10(2)13(11)19(21)22/h5-7H,3-4,8-9H2,1-2H3. The average Bonchev–Trinajstić information content (AvgIpc) is 2.97. The van der Waals surface area contributed by atoms with Gasteiger partial charge in [0, 0.05) is 12.1 Å². The number of rotatable bonds is 7. The number of aryl methyl sites for hydroxylation is 2. The van der Waals surface area contributed by atoms with Crippen LogP contribution in [0.25, 0.3) is 0 Å². The monoisotopic (exact) mass is 319 g/mol. The lowest BCUT2D eigenvalue weighted by molar-refractivity contribution is -0.385. The van der Waals surface area contributed by atoms with Gasteiger partial charge >= 0.3 is 5.97 Å². The van der Waals surface area contributed by atoms with Crippen molar-refractivity contribution in [2.45, 2.75) is 39.8 Å². The topological polar surface area (TPSA) is 113 Å². The number of benzene rings is 1. The van der Waals surface area contributed by atoms with Gasteiger partial charge in [0.25, 0.3) is 5.69 Å². The lowest BCUT2D eigenvalue weighted by Crippen LogP contribution is -2.13. The van der Waals surface area contributed by atoms with Gasteiger partial charge in [-0.2, -0.15) is 0 Å². The van der Waals surface area contributed by atoms with Crippen LogP contribution in [0.1, 0.15) is 41.5 Å². The van der Waals surface area contributed by atoms with Crippen LogP contribution < -0.4 is 0 Å². The number of hydrogen-bond donors (Lipinski definition) is 0. The molecule has 0 aliphatic rings. The Morgan fingerprint density at radius 3 is 2.91 bits per heavy atom. The number of unbranched alkanes of at least 4 members (excludes halogenated alkanes) is 1. The summed E-state index contributed by atoms with van der Waals surface area (Å²) in [5.74, 6) is -0.368. The molecule has 0 unspecified atom stereocenters. The van der Waals surface area contributed by atoms with Gasteiger partial charge in [0.1, 0.15) is 5.56 Å². The molecule has 23 heavy (non-hydrogen) atoms.